The van der Waals surface area contributed by atoms with Gasteiger partial charge in [0.2, 0.25) is 0 Å². The lowest BCUT2D eigenvalue weighted by Gasteiger charge is -2.09. The maximum atomic E-state index is 4.28. The number of aryl methyl sites for hydroxylation is 2. The lowest BCUT2D eigenvalue weighted by molar-refractivity contribution is 0.756. The molecule has 0 saturated heterocycles. The molecule has 0 radical (unpaired) electrons. The van der Waals surface area contributed by atoms with E-state index in [-0.39, 0.29) is 0 Å². The molecule has 0 saturated carbocycles. The Labute approximate surface area is 114 Å². The molecule has 0 spiro atoms. The fraction of sp³-hybridized carbons (Fsp3) is 0.364. The molecule has 6 nitrogen and oxygen atoms in total. The van der Waals surface area contributed by atoms with Gasteiger partial charge in [-0.3, -0.25) is 4.68 Å². The van der Waals surface area contributed by atoms with Crippen molar-refractivity contribution in [2.75, 3.05) is 17.2 Å². The fourth-order valence-corrected chi connectivity index (χ4v) is 2.04. The van der Waals surface area contributed by atoms with Gasteiger partial charge in [0, 0.05) is 19.8 Å². The summed E-state index contributed by atoms with van der Waals surface area (Å²) in [6.07, 6.45) is 3.44. The zero-order valence-electron chi connectivity index (χ0n) is 10.5. The van der Waals surface area contributed by atoms with E-state index >= 15 is 0 Å². The van der Waals surface area contributed by atoms with E-state index in [9.17, 15) is 0 Å². The van der Waals surface area contributed by atoms with E-state index in [1.54, 1.807) is 4.68 Å². The van der Waals surface area contributed by atoms with Crippen LogP contribution in [-0.2, 0) is 7.05 Å². The maximum Gasteiger partial charge on any atom is 0.150 e. The second kappa shape index (κ2) is 5.34. The smallest absolute Gasteiger partial charge is 0.150 e. The first-order valence-electron chi connectivity index (χ1n) is 5.63. The number of halogens is 1. The first kappa shape index (κ1) is 12.8. The lowest BCUT2D eigenvalue weighted by Crippen LogP contribution is -2.03. The molecule has 7 heteroatoms. The van der Waals surface area contributed by atoms with Crippen molar-refractivity contribution in [3.8, 4) is 0 Å². The van der Waals surface area contributed by atoms with Crippen molar-refractivity contribution in [1.82, 2.24) is 19.7 Å². The van der Waals surface area contributed by atoms with Crippen molar-refractivity contribution >= 4 is 33.3 Å². The average molecular weight is 311 g/mol. The highest BCUT2D eigenvalue weighted by molar-refractivity contribution is 9.10. The van der Waals surface area contributed by atoms with Crippen LogP contribution in [0.15, 0.2) is 17.0 Å². The van der Waals surface area contributed by atoms with Crippen LogP contribution in [-0.4, -0.2) is 26.3 Å². The van der Waals surface area contributed by atoms with Crippen LogP contribution in [0.2, 0.25) is 0 Å². The minimum absolute atomic E-state index is 0.719. The van der Waals surface area contributed by atoms with Crippen LogP contribution in [0.5, 0.6) is 0 Å². The molecule has 18 heavy (non-hydrogen) atoms. The van der Waals surface area contributed by atoms with Gasteiger partial charge in [0.15, 0.2) is 0 Å². The van der Waals surface area contributed by atoms with E-state index < -0.39 is 0 Å². The Bertz CT molecular complexity index is 550. The second-order valence-electron chi connectivity index (χ2n) is 3.84. The van der Waals surface area contributed by atoms with E-state index in [1.165, 1.54) is 6.33 Å². The Balaban J connectivity index is 2.29. The van der Waals surface area contributed by atoms with Crippen LogP contribution in [0.25, 0.3) is 0 Å². The molecule has 0 amide bonds. The monoisotopic (exact) mass is 310 g/mol. The summed E-state index contributed by atoms with van der Waals surface area (Å²) in [7, 11) is 1.89. The molecule has 0 atom stereocenters. The Morgan fingerprint density at radius 3 is 2.67 bits per heavy atom. The third-order valence-corrected chi connectivity index (χ3v) is 3.15. The topological polar surface area (TPSA) is 67.7 Å². The van der Waals surface area contributed by atoms with Gasteiger partial charge in [-0.2, -0.15) is 5.10 Å². The summed E-state index contributed by atoms with van der Waals surface area (Å²) in [4.78, 5) is 8.39. The van der Waals surface area contributed by atoms with Gasteiger partial charge in [0.25, 0.3) is 0 Å². The zero-order valence-corrected chi connectivity index (χ0v) is 12.1. The summed E-state index contributed by atoms with van der Waals surface area (Å²) in [5, 5.41) is 10.7. The largest absolute Gasteiger partial charge is 0.369 e. The molecular formula is C11H15BrN6. The van der Waals surface area contributed by atoms with E-state index in [1.807, 2.05) is 27.1 Å². The highest BCUT2D eigenvalue weighted by Gasteiger charge is 2.10. The number of hydrogen-bond donors (Lipinski definition) is 2. The number of nitrogens with one attached hydrogen (secondary N) is 2. The van der Waals surface area contributed by atoms with Crippen molar-refractivity contribution in [3.05, 3.63) is 22.7 Å². The van der Waals surface area contributed by atoms with Gasteiger partial charge in [-0.15, -0.1) is 0 Å². The molecule has 2 heterocycles. The number of aromatic nitrogens is 4. The Morgan fingerprint density at radius 1 is 1.33 bits per heavy atom. The number of rotatable bonds is 4. The standard InChI is InChI=1S/C11H15BrN6/c1-4-13-10-9(12)11(15-6-14-10)16-8-5-18(3)17-7(8)2/h5-6H,4H2,1-3H3,(H2,13,14,15,16). The molecular weight excluding hydrogens is 296 g/mol. The van der Waals surface area contributed by atoms with Gasteiger partial charge < -0.3 is 10.6 Å². The van der Waals surface area contributed by atoms with Crippen LogP contribution in [0.4, 0.5) is 17.3 Å². The molecule has 0 aromatic carbocycles. The van der Waals surface area contributed by atoms with Gasteiger partial charge in [0.05, 0.1) is 11.4 Å². The SMILES string of the molecule is CCNc1ncnc(Nc2cn(C)nc2C)c1Br. The third kappa shape index (κ3) is 2.61. The molecule has 0 unspecified atom stereocenters. The normalized spacial score (nSPS) is 10.4. The summed E-state index contributed by atoms with van der Waals surface area (Å²) >= 11 is 3.49. The minimum Gasteiger partial charge on any atom is -0.369 e. The highest BCUT2D eigenvalue weighted by Crippen LogP contribution is 2.29. The first-order valence-corrected chi connectivity index (χ1v) is 6.42. The summed E-state index contributed by atoms with van der Waals surface area (Å²) in [5.74, 6) is 1.49. The lowest BCUT2D eigenvalue weighted by atomic mass is 10.4. The van der Waals surface area contributed by atoms with Gasteiger partial charge in [-0.25, -0.2) is 9.97 Å². The predicted octanol–water partition coefficient (Wildman–Crippen LogP) is 2.46. The molecule has 0 aliphatic rings. The van der Waals surface area contributed by atoms with Gasteiger partial charge in [-0.1, -0.05) is 0 Å². The Hall–Kier alpha value is -1.63. The first-order chi connectivity index (χ1) is 8.61. The molecule has 2 aromatic rings. The fourth-order valence-electron chi connectivity index (χ4n) is 1.60. The van der Waals surface area contributed by atoms with Crippen molar-refractivity contribution in [2.45, 2.75) is 13.8 Å². The van der Waals surface area contributed by atoms with E-state index in [2.05, 4.69) is 41.6 Å². The van der Waals surface area contributed by atoms with Gasteiger partial charge in [0.1, 0.15) is 22.4 Å². The number of nitrogens with zero attached hydrogens (tertiary/aromatic N) is 4. The molecule has 2 N–H and O–H groups in total. The summed E-state index contributed by atoms with van der Waals surface area (Å²) < 4.78 is 2.58. The molecule has 0 aliphatic heterocycles. The molecule has 2 rings (SSSR count). The van der Waals surface area contributed by atoms with E-state index in [4.69, 9.17) is 0 Å². The molecule has 96 valence electrons. The third-order valence-electron chi connectivity index (χ3n) is 2.40. The molecule has 2 aromatic heterocycles. The van der Waals surface area contributed by atoms with Crippen molar-refractivity contribution < 1.29 is 0 Å². The summed E-state index contributed by atoms with van der Waals surface area (Å²) in [5.41, 5.74) is 1.85. The van der Waals surface area contributed by atoms with Gasteiger partial charge in [-0.05, 0) is 29.8 Å². The second-order valence-corrected chi connectivity index (χ2v) is 4.64. The summed E-state index contributed by atoms with van der Waals surface area (Å²) in [6, 6.07) is 0. The maximum absolute atomic E-state index is 4.28. The zero-order chi connectivity index (χ0) is 13.1. The van der Waals surface area contributed by atoms with Crippen molar-refractivity contribution in [3.63, 3.8) is 0 Å². The Kier molecular flexibility index (Phi) is 3.81. The van der Waals surface area contributed by atoms with Crippen LogP contribution >= 0.6 is 15.9 Å². The number of hydrogen-bond acceptors (Lipinski definition) is 5. The van der Waals surface area contributed by atoms with Crippen LogP contribution < -0.4 is 10.6 Å². The van der Waals surface area contributed by atoms with E-state index in [0.29, 0.717) is 0 Å². The Morgan fingerprint density at radius 2 is 2.06 bits per heavy atom. The predicted molar refractivity (Wildman–Crippen MR) is 75.1 cm³/mol. The minimum atomic E-state index is 0.719. The quantitative estimate of drug-likeness (QED) is 0.908. The summed E-state index contributed by atoms with van der Waals surface area (Å²) in [6.45, 7) is 4.77. The van der Waals surface area contributed by atoms with Crippen molar-refractivity contribution in [2.24, 2.45) is 7.05 Å². The highest BCUT2D eigenvalue weighted by atomic mass is 79.9. The molecule has 0 bridgehead atoms. The van der Waals surface area contributed by atoms with Crippen LogP contribution in [0.1, 0.15) is 12.6 Å². The van der Waals surface area contributed by atoms with Crippen LogP contribution in [0.3, 0.4) is 0 Å². The molecule has 0 fully saturated rings. The van der Waals surface area contributed by atoms with E-state index in [0.717, 1.165) is 34.0 Å². The van der Waals surface area contributed by atoms with Crippen LogP contribution in [0, 0.1) is 6.92 Å². The molecule has 0 aliphatic carbocycles. The number of anilines is 3. The average Bonchev–Trinajstić information content (AvgIpc) is 2.63. The van der Waals surface area contributed by atoms with Crippen molar-refractivity contribution in [1.29, 1.82) is 0 Å². The van der Waals surface area contributed by atoms with Gasteiger partial charge >= 0.3 is 0 Å².